The lowest BCUT2D eigenvalue weighted by Gasteiger charge is -2.67. The fourth-order valence-electron chi connectivity index (χ4n) is 9.97. The minimum atomic E-state index is -1.51. The monoisotopic (exact) mass is 914 g/mol. The molecule has 3 aliphatic carbocycles. The van der Waals surface area contributed by atoms with Crippen LogP contribution in [0.25, 0.3) is 0 Å². The summed E-state index contributed by atoms with van der Waals surface area (Å²) < 4.78 is 13.4. The number of nitrogens with zero attached hydrogens (tertiary/aromatic N) is 1. The maximum Gasteiger partial charge on any atom is 0.481 e. The van der Waals surface area contributed by atoms with Gasteiger partial charge in [0.15, 0.2) is 0 Å². The maximum atomic E-state index is 14.4. The van der Waals surface area contributed by atoms with Gasteiger partial charge in [-0.1, -0.05) is 78.6 Å². The molecular weight excluding hydrogens is 847 g/mol. The highest BCUT2D eigenvalue weighted by atomic mass is 35.5. The summed E-state index contributed by atoms with van der Waals surface area (Å²) in [5, 5.41) is 29.9. The van der Waals surface area contributed by atoms with Gasteiger partial charge in [-0.2, -0.15) is 0 Å². The van der Waals surface area contributed by atoms with Gasteiger partial charge in [0.25, 0.3) is 0 Å². The Morgan fingerprint density at radius 3 is 2.12 bits per heavy atom. The summed E-state index contributed by atoms with van der Waals surface area (Å²) in [5.41, 5.74) is 6.90. The molecule has 17 nitrogen and oxygen atoms in total. The second-order valence-corrected chi connectivity index (χ2v) is 20.1. The molecule has 2 saturated heterocycles. The summed E-state index contributed by atoms with van der Waals surface area (Å²) >= 11 is 6.10. The fourth-order valence-corrected chi connectivity index (χ4v) is 10.1. The van der Waals surface area contributed by atoms with Crippen molar-refractivity contribution >= 4 is 60.2 Å². The average molecular weight is 915 g/mol. The molecule has 5 amide bonds. The van der Waals surface area contributed by atoms with E-state index in [9.17, 15) is 38.7 Å². The van der Waals surface area contributed by atoms with Gasteiger partial charge in [-0.05, 0) is 92.2 Å². The summed E-state index contributed by atoms with van der Waals surface area (Å²) in [7, 11) is -0.656. The number of hydrogen-bond acceptors (Lipinski definition) is 10. The predicted molar refractivity (Wildman–Crippen MR) is 238 cm³/mol. The number of carbonyl (C=O) groups is 7. The Morgan fingerprint density at radius 1 is 0.859 bits per heavy atom. The predicted octanol–water partition coefficient (Wildman–Crippen LogP) is 3.23. The van der Waals surface area contributed by atoms with Crippen LogP contribution in [0.1, 0.15) is 118 Å². The summed E-state index contributed by atoms with van der Waals surface area (Å²) in [6, 6.07) is 1.66. The molecule has 2 aliphatic heterocycles. The molecule has 10 atom stereocenters. The van der Waals surface area contributed by atoms with Crippen LogP contribution in [0.15, 0.2) is 24.3 Å². The van der Waals surface area contributed by atoms with Crippen molar-refractivity contribution in [3.8, 4) is 0 Å². The van der Waals surface area contributed by atoms with Crippen LogP contribution in [0.5, 0.6) is 0 Å². The van der Waals surface area contributed by atoms with Crippen molar-refractivity contribution in [2.24, 2.45) is 34.3 Å². The fraction of sp³-hybridized carbons (Fsp3) is 0.711. The summed E-state index contributed by atoms with van der Waals surface area (Å²) in [5.74, 6) is -6.85. The number of halogens is 1. The van der Waals surface area contributed by atoms with E-state index in [1.165, 1.54) is 4.90 Å². The van der Waals surface area contributed by atoms with Crippen LogP contribution < -0.4 is 27.0 Å². The van der Waals surface area contributed by atoms with Crippen LogP contribution in [0.4, 0.5) is 0 Å². The van der Waals surface area contributed by atoms with E-state index >= 15 is 0 Å². The second kappa shape index (κ2) is 21.4. The first-order valence-corrected chi connectivity index (χ1v) is 23.2. The summed E-state index contributed by atoms with van der Waals surface area (Å²) in [6.45, 7) is 14.0. The van der Waals surface area contributed by atoms with Crippen LogP contribution in [0.3, 0.4) is 0 Å². The number of nitrogens with one attached hydrogen (secondary N) is 4. The molecule has 0 spiro atoms. The van der Waals surface area contributed by atoms with Crippen LogP contribution in [-0.4, -0.2) is 119 Å². The van der Waals surface area contributed by atoms with Gasteiger partial charge in [0.2, 0.25) is 29.5 Å². The van der Waals surface area contributed by atoms with E-state index in [2.05, 4.69) is 42.0 Å². The number of nitrogens with two attached hydrogens (primary N) is 1. The van der Waals surface area contributed by atoms with E-state index in [0.717, 1.165) is 37.7 Å². The molecular formula is C45H68BClN6O11. The Hall–Kier alpha value is -4.26. The van der Waals surface area contributed by atoms with E-state index in [4.69, 9.17) is 31.7 Å². The number of hydrogen-bond donors (Lipinski definition) is 7. The number of carboxylic acid groups (broad SMARTS) is 2. The minimum Gasteiger partial charge on any atom is -0.481 e. The molecule has 8 N–H and O–H groups in total. The van der Waals surface area contributed by atoms with E-state index in [-0.39, 0.29) is 41.9 Å². The highest BCUT2D eigenvalue weighted by molar-refractivity contribution is 6.47. The SMILES string of the molecule is CC(C)[C@H](NC(=O)[C@H](CCC(=O)O)NC(=O)[C@@H](N)CC(=O)O)C(=O)N[C@H](C(=O)N1CCC[C@H]1C(=O)N[C@@H](CCCCc1ccc(Cl)cc1)B1O[C@@H]2[C@@H](C[C@@H]3C[C@@]2(C)C3(C)C)O1)C(C)C. The van der Waals surface area contributed by atoms with Gasteiger partial charge in [0, 0.05) is 23.4 Å². The van der Waals surface area contributed by atoms with E-state index in [0.29, 0.717) is 30.2 Å². The molecule has 1 aromatic rings. The first kappa shape index (κ1) is 50.7. The third-order valence-corrected chi connectivity index (χ3v) is 14.6. The number of likely N-dealkylation sites (tertiary alicyclic amines) is 1. The van der Waals surface area contributed by atoms with Crippen molar-refractivity contribution < 1.29 is 53.1 Å². The molecule has 3 saturated carbocycles. The van der Waals surface area contributed by atoms with Crippen LogP contribution in [0, 0.1) is 28.6 Å². The number of benzene rings is 1. The molecule has 0 radical (unpaired) electrons. The van der Waals surface area contributed by atoms with Gasteiger partial charge in [-0.3, -0.25) is 33.6 Å². The Kier molecular flexibility index (Phi) is 16.9. The second-order valence-electron chi connectivity index (χ2n) is 19.7. The van der Waals surface area contributed by atoms with Crippen molar-refractivity contribution in [2.75, 3.05) is 6.54 Å². The first-order valence-electron chi connectivity index (χ1n) is 22.8. The van der Waals surface area contributed by atoms with Crippen LogP contribution in [0.2, 0.25) is 5.02 Å². The highest BCUT2D eigenvalue weighted by Crippen LogP contribution is 2.69. The van der Waals surface area contributed by atoms with Crippen molar-refractivity contribution in [2.45, 2.75) is 167 Å². The smallest absolute Gasteiger partial charge is 0.481 e. The Morgan fingerprint density at radius 2 is 1.52 bits per heavy atom. The lowest BCUT2D eigenvalue weighted by atomic mass is 9.39. The van der Waals surface area contributed by atoms with Gasteiger partial charge in [-0.25, -0.2) is 0 Å². The van der Waals surface area contributed by atoms with Crippen molar-refractivity contribution in [3.63, 3.8) is 0 Å². The minimum absolute atomic E-state index is 0.0454. The highest BCUT2D eigenvalue weighted by Gasteiger charge is 2.69. The van der Waals surface area contributed by atoms with Crippen molar-refractivity contribution in [1.82, 2.24) is 26.2 Å². The van der Waals surface area contributed by atoms with Gasteiger partial charge in [0.05, 0.1) is 30.6 Å². The number of carboxylic acids is 2. The lowest BCUT2D eigenvalue weighted by molar-refractivity contribution is -0.220. The normalized spacial score (nSPS) is 25.6. The van der Waals surface area contributed by atoms with Gasteiger partial charge in [0.1, 0.15) is 24.2 Å². The van der Waals surface area contributed by atoms with Crippen LogP contribution >= 0.6 is 11.6 Å². The molecule has 0 aromatic heterocycles. The molecule has 2 bridgehead atoms. The summed E-state index contributed by atoms with van der Waals surface area (Å²) in [6.07, 6.45) is 4.25. The number of aryl methyl sites for hydroxylation is 1. The van der Waals surface area contributed by atoms with Crippen LogP contribution in [-0.2, 0) is 49.3 Å². The zero-order valence-electron chi connectivity index (χ0n) is 38.2. The number of aliphatic carboxylic acids is 2. The lowest BCUT2D eigenvalue weighted by Crippen LogP contribution is -2.66. The number of carbonyl (C=O) groups excluding carboxylic acids is 5. The maximum absolute atomic E-state index is 14.4. The third-order valence-electron chi connectivity index (χ3n) is 14.4. The summed E-state index contributed by atoms with van der Waals surface area (Å²) in [4.78, 5) is 92.9. The Bertz CT molecular complexity index is 1890. The molecule has 0 unspecified atom stereocenters. The zero-order chi connectivity index (χ0) is 47.3. The van der Waals surface area contributed by atoms with Crippen molar-refractivity contribution in [1.29, 1.82) is 0 Å². The largest absolute Gasteiger partial charge is 0.481 e. The quantitative estimate of drug-likeness (QED) is 0.0654. The molecule has 6 rings (SSSR count). The molecule has 64 heavy (non-hydrogen) atoms. The number of amides is 5. The molecule has 19 heteroatoms. The zero-order valence-corrected chi connectivity index (χ0v) is 39.0. The van der Waals surface area contributed by atoms with E-state index in [1.807, 2.05) is 24.3 Å². The average Bonchev–Trinajstić information content (AvgIpc) is 3.90. The van der Waals surface area contributed by atoms with Gasteiger partial charge < -0.3 is 51.4 Å². The topological polar surface area (TPSA) is 256 Å². The Labute approximate surface area is 381 Å². The standard InChI is InChI=1S/C45H68BClN6O11/c1-24(2)36(51-40(59)30(18-19-34(54)55)49-39(58)29(48)22-35(56)57)42(61)52-37(25(3)4)43(62)53-20-10-12-31(53)41(60)50-33(13-9-8-11-26-14-16-28(47)17-15-26)46-63-32-21-27-23-45(7,38(32)64-46)44(27,5)6/h14-17,24-25,27,29-33,36-38H,8-13,18-23,48H2,1-7H3,(H,49,58)(H,50,60)(H,51,59)(H,52,61)(H,54,55)(H,56,57)/t27-,29+,30+,31+,32-,33+,36+,37+,38-,45-/m1/s1. The number of rotatable bonds is 22. The first-order chi connectivity index (χ1) is 30.0. The molecule has 5 fully saturated rings. The van der Waals surface area contributed by atoms with E-state index < -0.39 is 104 Å². The van der Waals surface area contributed by atoms with E-state index in [1.54, 1.807) is 27.7 Å². The van der Waals surface area contributed by atoms with Gasteiger partial charge >= 0.3 is 19.1 Å². The molecule has 2 heterocycles. The Balaban J connectivity index is 1.26. The number of unbranched alkanes of at least 4 members (excludes halogenated alkanes) is 1. The molecule has 1 aromatic carbocycles. The van der Waals surface area contributed by atoms with Crippen molar-refractivity contribution in [3.05, 3.63) is 34.9 Å². The molecule has 5 aliphatic rings. The third kappa shape index (κ3) is 11.8. The van der Waals surface area contributed by atoms with Gasteiger partial charge in [-0.15, -0.1) is 0 Å². The molecule has 354 valence electrons.